The lowest BCUT2D eigenvalue weighted by atomic mass is 9.63. The molecule has 1 aromatic rings. The van der Waals surface area contributed by atoms with Gasteiger partial charge in [-0.1, -0.05) is 32.1 Å². The summed E-state index contributed by atoms with van der Waals surface area (Å²) >= 11 is 0. The van der Waals surface area contributed by atoms with Gasteiger partial charge >= 0.3 is 0 Å². The van der Waals surface area contributed by atoms with Gasteiger partial charge in [0, 0.05) is 11.9 Å². The third-order valence-electron chi connectivity index (χ3n) is 5.53. The number of nitrogens with one attached hydrogen (secondary N) is 1. The highest BCUT2D eigenvalue weighted by atomic mass is 16.3. The first-order valence-corrected chi connectivity index (χ1v) is 8.14. The Labute approximate surface area is 116 Å². The van der Waals surface area contributed by atoms with E-state index in [0.29, 0.717) is 11.8 Å². The van der Waals surface area contributed by atoms with Crippen LogP contribution in [-0.2, 0) is 6.42 Å². The van der Waals surface area contributed by atoms with E-state index in [9.17, 15) is 5.11 Å². The fraction of sp³-hybridized carbons (Fsp3) is 0.765. The first-order chi connectivity index (χ1) is 9.29. The topological polar surface area (TPSA) is 36.0 Å². The second kappa shape index (κ2) is 5.70. The van der Waals surface area contributed by atoms with E-state index >= 15 is 0 Å². The number of aromatic amines is 1. The van der Waals surface area contributed by atoms with Crippen LogP contribution in [0.1, 0.15) is 63.5 Å². The van der Waals surface area contributed by atoms with Gasteiger partial charge in [0.05, 0.1) is 5.60 Å². The minimum atomic E-state index is -0.385. The van der Waals surface area contributed by atoms with Crippen molar-refractivity contribution in [2.24, 2.45) is 11.8 Å². The normalized spacial score (nSPS) is 33.4. The maximum absolute atomic E-state index is 11.3. The smallest absolute Gasteiger partial charge is 0.0707 e. The highest BCUT2D eigenvalue weighted by Gasteiger charge is 2.44. The predicted molar refractivity (Wildman–Crippen MR) is 78.0 cm³/mol. The number of rotatable bonds is 3. The molecule has 3 rings (SSSR count). The number of aliphatic hydroxyl groups is 1. The zero-order valence-electron chi connectivity index (χ0n) is 11.9. The predicted octanol–water partition coefficient (Wildman–Crippen LogP) is 4.06. The third kappa shape index (κ3) is 2.74. The van der Waals surface area contributed by atoms with Gasteiger partial charge in [0.25, 0.3) is 0 Å². The van der Waals surface area contributed by atoms with Crippen molar-refractivity contribution in [1.29, 1.82) is 0 Å². The Morgan fingerprint density at radius 2 is 1.89 bits per heavy atom. The highest BCUT2D eigenvalue weighted by molar-refractivity contribution is 5.08. The Balaban J connectivity index is 1.75. The molecule has 0 aromatic carbocycles. The Bertz CT molecular complexity index is 380. The zero-order chi connectivity index (χ0) is 13.1. The zero-order valence-corrected chi connectivity index (χ0v) is 11.9. The molecule has 2 atom stereocenters. The van der Waals surface area contributed by atoms with E-state index in [1.165, 1.54) is 57.1 Å². The first-order valence-electron chi connectivity index (χ1n) is 8.14. The maximum Gasteiger partial charge on any atom is 0.0707 e. The molecule has 2 unspecified atom stereocenters. The first kappa shape index (κ1) is 13.2. The lowest BCUT2D eigenvalue weighted by molar-refractivity contribution is -0.105. The van der Waals surface area contributed by atoms with Crippen molar-refractivity contribution in [2.75, 3.05) is 0 Å². The Hall–Kier alpha value is -0.760. The molecule has 0 spiro atoms. The van der Waals surface area contributed by atoms with Gasteiger partial charge in [0.15, 0.2) is 0 Å². The van der Waals surface area contributed by atoms with Crippen LogP contribution >= 0.6 is 0 Å². The van der Waals surface area contributed by atoms with E-state index in [4.69, 9.17) is 0 Å². The Morgan fingerprint density at radius 3 is 2.63 bits per heavy atom. The fourth-order valence-electron chi connectivity index (χ4n) is 4.43. The summed E-state index contributed by atoms with van der Waals surface area (Å²) in [7, 11) is 0. The molecule has 0 radical (unpaired) electrons. The molecule has 0 saturated heterocycles. The van der Waals surface area contributed by atoms with Crippen molar-refractivity contribution in [2.45, 2.75) is 69.8 Å². The molecule has 0 amide bonds. The van der Waals surface area contributed by atoms with Crippen molar-refractivity contribution >= 4 is 0 Å². The second-order valence-electron chi connectivity index (χ2n) is 6.67. The minimum absolute atomic E-state index is 0.385. The molecular formula is C17H27NO. The summed E-state index contributed by atoms with van der Waals surface area (Å²) in [6.45, 7) is 0. The van der Waals surface area contributed by atoms with E-state index in [-0.39, 0.29) is 5.60 Å². The van der Waals surface area contributed by atoms with Crippen molar-refractivity contribution in [3.8, 4) is 0 Å². The van der Waals surface area contributed by atoms with Crippen LogP contribution in [0.3, 0.4) is 0 Å². The molecule has 19 heavy (non-hydrogen) atoms. The van der Waals surface area contributed by atoms with Gasteiger partial charge < -0.3 is 10.1 Å². The molecule has 2 nitrogen and oxygen atoms in total. The van der Waals surface area contributed by atoms with E-state index in [2.05, 4.69) is 17.1 Å². The van der Waals surface area contributed by atoms with Gasteiger partial charge in [-0.2, -0.15) is 0 Å². The second-order valence-corrected chi connectivity index (χ2v) is 6.67. The molecule has 2 saturated carbocycles. The van der Waals surface area contributed by atoms with E-state index in [0.717, 1.165) is 12.8 Å². The lowest BCUT2D eigenvalue weighted by Gasteiger charge is -2.47. The van der Waals surface area contributed by atoms with Crippen LogP contribution in [0.4, 0.5) is 0 Å². The molecular weight excluding hydrogens is 234 g/mol. The summed E-state index contributed by atoms with van der Waals surface area (Å²) in [6, 6.07) is 4.23. The summed E-state index contributed by atoms with van der Waals surface area (Å²) < 4.78 is 0. The molecule has 0 bridgehead atoms. The van der Waals surface area contributed by atoms with Crippen molar-refractivity contribution < 1.29 is 5.11 Å². The van der Waals surface area contributed by atoms with E-state index in [1.807, 2.05) is 6.20 Å². The molecule has 2 N–H and O–H groups in total. The lowest BCUT2D eigenvalue weighted by Crippen LogP contribution is -2.48. The molecule has 2 aliphatic rings. The minimum Gasteiger partial charge on any atom is -0.389 e. The number of aromatic nitrogens is 1. The van der Waals surface area contributed by atoms with Crippen molar-refractivity contribution in [3.05, 3.63) is 24.0 Å². The van der Waals surface area contributed by atoms with Crippen molar-refractivity contribution in [1.82, 2.24) is 4.98 Å². The fourth-order valence-corrected chi connectivity index (χ4v) is 4.43. The largest absolute Gasteiger partial charge is 0.389 e. The summed E-state index contributed by atoms with van der Waals surface area (Å²) in [5.74, 6) is 1.02. The van der Waals surface area contributed by atoms with Gasteiger partial charge in [-0.15, -0.1) is 0 Å². The maximum atomic E-state index is 11.3. The SMILES string of the molecule is OC1(C2CCCCC2)CCCCC1Cc1ccc[nH]1. The van der Waals surface area contributed by atoms with Gasteiger partial charge in [-0.3, -0.25) is 0 Å². The molecule has 2 aliphatic carbocycles. The summed E-state index contributed by atoms with van der Waals surface area (Å²) in [5, 5.41) is 11.3. The van der Waals surface area contributed by atoms with Gasteiger partial charge in [-0.05, 0) is 56.1 Å². The summed E-state index contributed by atoms with van der Waals surface area (Å²) in [4.78, 5) is 3.31. The van der Waals surface area contributed by atoms with Gasteiger partial charge in [0.2, 0.25) is 0 Å². The molecule has 1 heterocycles. The highest BCUT2D eigenvalue weighted by Crippen LogP contribution is 2.45. The van der Waals surface area contributed by atoms with Crippen LogP contribution in [0, 0.1) is 11.8 Å². The van der Waals surface area contributed by atoms with Crippen LogP contribution in [0.25, 0.3) is 0 Å². The summed E-state index contributed by atoms with van der Waals surface area (Å²) in [5.41, 5.74) is 0.908. The van der Waals surface area contributed by atoms with Crippen LogP contribution in [0.5, 0.6) is 0 Å². The standard InChI is InChI=1S/C17H27NO/c19-17(14-7-2-1-3-8-14)11-5-4-9-15(17)13-16-10-6-12-18-16/h6,10,12,14-15,18-19H,1-5,7-9,11,13H2. The molecule has 2 heteroatoms. The molecule has 106 valence electrons. The number of hydrogen-bond acceptors (Lipinski definition) is 1. The quantitative estimate of drug-likeness (QED) is 0.845. The van der Waals surface area contributed by atoms with E-state index < -0.39 is 0 Å². The molecule has 1 aromatic heterocycles. The van der Waals surface area contributed by atoms with Gasteiger partial charge in [0.1, 0.15) is 0 Å². The van der Waals surface area contributed by atoms with Crippen LogP contribution in [0.2, 0.25) is 0 Å². The molecule has 0 aliphatic heterocycles. The Morgan fingerprint density at radius 1 is 1.11 bits per heavy atom. The van der Waals surface area contributed by atoms with Gasteiger partial charge in [-0.25, -0.2) is 0 Å². The molecule has 2 fully saturated rings. The van der Waals surface area contributed by atoms with Crippen LogP contribution < -0.4 is 0 Å². The number of H-pyrrole nitrogens is 1. The van der Waals surface area contributed by atoms with E-state index in [1.54, 1.807) is 0 Å². The average molecular weight is 261 g/mol. The van der Waals surface area contributed by atoms with Crippen LogP contribution in [0.15, 0.2) is 18.3 Å². The Kier molecular flexibility index (Phi) is 3.97. The summed E-state index contributed by atoms with van der Waals surface area (Å²) in [6.07, 6.45) is 14.3. The number of hydrogen-bond donors (Lipinski definition) is 2. The third-order valence-corrected chi connectivity index (χ3v) is 5.53. The average Bonchev–Trinajstić information content (AvgIpc) is 2.96. The monoisotopic (exact) mass is 261 g/mol. The van der Waals surface area contributed by atoms with Crippen LogP contribution in [-0.4, -0.2) is 15.7 Å². The van der Waals surface area contributed by atoms with Crippen molar-refractivity contribution in [3.63, 3.8) is 0 Å².